The van der Waals surface area contributed by atoms with Crippen LogP contribution in [-0.4, -0.2) is 46.3 Å². The third-order valence-electron chi connectivity index (χ3n) is 5.31. The van der Waals surface area contributed by atoms with Crippen LogP contribution in [0.5, 0.6) is 0 Å². The second kappa shape index (κ2) is 6.48. The third kappa shape index (κ3) is 2.83. The third-order valence-corrected chi connectivity index (χ3v) is 5.31. The van der Waals surface area contributed by atoms with Gasteiger partial charge in [0.05, 0.1) is 17.3 Å². The van der Waals surface area contributed by atoms with Gasteiger partial charge in [-0.15, -0.1) is 0 Å². The van der Waals surface area contributed by atoms with Gasteiger partial charge in [0.15, 0.2) is 0 Å². The molecule has 1 spiro atoms. The highest BCUT2D eigenvalue weighted by Gasteiger charge is 2.50. The first-order valence-electron chi connectivity index (χ1n) is 8.72. The average molecular weight is 354 g/mol. The standard InChI is InChI=1S/C19H19FN4O2/c20-16-11-14(4-8-22-16)17(25)23-9-2-5-19(13-23)6-10-24(18(19)26)15-3-1-7-21-12-15/h1,3-4,7-8,11-12H,2,5-6,9-10,13H2. The topological polar surface area (TPSA) is 66.4 Å². The molecule has 0 saturated carbocycles. The van der Waals surface area contributed by atoms with E-state index in [-0.39, 0.29) is 17.4 Å². The number of hydrogen-bond donors (Lipinski definition) is 0. The number of pyridine rings is 2. The molecule has 0 N–H and O–H groups in total. The number of carbonyl (C=O) groups excluding carboxylic acids is 2. The van der Waals surface area contributed by atoms with Gasteiger partial charge in [-0.3, -0.25) is 14.6 Å². The van der Waals surface area contributed by atoms with Gasteiger partial charge >= 0.3 is 0 Å². The number of hydrogen-bond acceptors (Lipinski definition) is 4. The molecule has 4 rings (SSSR count). The predicted octanol–water partition coefficient (Wildman–Crippen LogP) is 2.28. The molecule has 1 atom stereocenters. The van der Waals surface area contributed by atoms with E-state index in [4.69, 9.17) is 0 Å². The molecule has 4 heterocycles. The lowest BCUT2D eigenvalue weighted by atomic mass is 9.78. The second-order valence-electron chi connectivity index (χ2n) is 6.90. The maximum absolute atomic E-state index is 13.3. The van der Waals surface area contributed by atoms with E-state index in [9.17, 15) is 14.0 Å². The van der Waals surface area contributed by atoms with E-state index < -0.39 is 11.4 Å². The average Bonchev–Trinajstić information content (AvgIpc) is 2.98. The second-order valence-corrected chi connectivity index (χ2v) is 6.90. The Hall–Kier alpha value is -2.83. The van der Waals surface area contributed by atoms with Crippen LogP contribution in [0.3, 0.4) is 0 Å². The van der Waals surface area contributed by atoms with Gasteiger partial charge in [-0.05, 0) is 37.5 Å². The van der Waals surface area contributed by atoms with Crippen molar-refractivity contribution in [2.75, 3.05) is 24.5 Å². The molecule has 0 aliphatic carbocycles. The number of anilines is 1. The molecule has 134 valence electrons. The van der Waals surface area contributed by atoms with E-state index >= 15 is 0 Å². The van der Waals surface area contributed by atoms with Crippen LogP contribution in [0.25, 0.3) is 0 Å². The van der Waals surface area contributed by atoms with Gasteiger partial charge < -0.3 is 9.80 Å². The summed E-state index contributed by atoms with van der Waals surface area (Å²) in [4.78, 5) is 36.9. The van der Waals surface area contributed by atoms with Gasteiger partial charge in [0.1, 0.15) is 0 Å². The molecule has 2 aromatic heterocycles. The van der Waals surface area contributed by atoms with Crippen LogP contribution in [0, 0.1) is 11.4 Å². The van der Waals surface area contributed by atoms with Gasteiger partial charge in [-0.1, -0.05) is 0 Å². The van der Waals surface area contributed by atoms with Crippen molar-refractivity contribution in [3.05, 3.63) is 54.4 Å². The Kier molecular flexibility index (Phi) is 4.14. The number of aromatic nitrogens is 2. The SMILES string of the molecule is O=C(c1ccnc(F)c1)N1CCCC2(CCN(c3cccnc3)C2=O)C1. The summed E-state index contributed by atoms with van der Waals surface area (Å²) in [5, 5.41) is 0. The lowest BCUT2D eigenvalue weighted by molar-refractivity contribution is -0.127. The van der Waals surface area contributed by atoms with Crippen molar-refractivity contribution in [1.82, 2.24) is 14.9 Å². The molecule has 2 fully saturated rings. The molecule has 2 aromatic rings. The van der Waals surface area contributed by atoms with E-state index in [1.54, 1.807) is 22.2 Å². The van der Waals surface area contributed by atoms with Gasteiger partial charge in [0.2, 0.25) is 11.9 Å². The molecule has 7 heteroatoms. The zero-order chi connectivity index (χ0) is 18.1. The minimum Gasteiger partial charge on any atom is -0.338 e. The molecule has 0 radical (unpaired) electrons. The fraction of sp³-hybridized carbons (Fsp3) is 0.368. The lowest BCUT2D eigenvalue weighted by Gasteiger charge is -2.39. The monoisotopic (exact) mass is 354 g/mol. The largest absolute Gasteiger partial charge is 0.338 e. The number of nitrogens with zero attached hydrogens (tertiary/aromatic N) is 4. The quantitative estimate of drug-likeness (QED) is 0.776. The van der Waals surface area contributed by atoms with Gasteiger partial charge in [0, 0.05) is 43.7 Å². The van der Waals surface area contributed by atoms with Crippen molar-refractivity contribution >= 4 is 17.5 Å². The number of piperidine rings is 1. The van der Waals surface area contributed by atoms with Gasteiger partial charge in [0.25, 0.3) is 5.91 Å². The Balaban J connectivity index is 1.55. The number of carbonyl (C=O) groups is 2. The zero-order valence-electron chi connectivity index (χ0n) is 14.3. The van der Waals surface area contributed by atoms with Crippen molar-refractivity contribution in [3.8, 4) is 0 Å². The molecule has 2 amide bonds. The summed E-state index contributed by atoms with van der Waals surface area (Å²) in [5.74, 6) is -0.885. The smallest absolute Gasteiger partial charge is 0.254 e. The highest BCUT2D eigenvalue weighted by Crippen LogP contribution is 2.42. The molecule has 2 aliphatic rings. The molecule has 0 aromatic carbocycles. The van der Waals surface area contributed by atoms with Gasteiger partial charge in [-0.2, -0.15) is 4.39 Å². The summed E-state index contributed by atoms with van der Waals surface area (Å²) < 4.78 is 13.3. The Morgan fingerprint density at radius 1 is 1.19 bits per heavy atom. The molecular weight excluding hydrogens is 335 g/mol. The summed E-state index contributed by atoms with van der Waals surface area (Å²) in [7, 11) is 0. The Morgan fingerprint density at radius 3 is 2.85 bits per heavy atom. The maximum Gasteiger partial charge on any atom is 0.254 e. The highest BCUT2D eigenvalue weighted by molar-refractivity contribution is 6.01. The van der Waals surface area contributed by atoms with Crippen LogP contribution in [0.2, 0.25) is 0 Å². The van der Waals surface area contributed by atoms with Crippen LogP contribution in [0.1, 0.15) is 29.6 Å². The van der Waals surface area contributed by atoms with E-state index in [0.717, 1.165) is 24.6 Å². The van der Waals surface area contributed by atoms with E-state index in [1.807, 2.05) is 12.1 Å². The normalized spacial score (nSPS) is 22.9. The van der Waals surface area contributed by atoms with Crippen LogP contribution < -0.4 is 4.90 Å². The molecular formula is C19H19FN4O2. The summed E-state index contributed by atoms with van der Waals surface area (Å²) in [6.07, 6.45) is 6.86. The van der Waals surface area contributed by atoms with Crippen LogP contribution in [-0.2, 0) is 4.79 Å². The first kappa shape index (κ1) is 16.6. The number of amides is 2. The Bertz CT molecular complexity index is 844. The van der Waals surface area contributed by atoms with Crippen molar-refractivity contribution in [2.45, 2.75) is 19.3 Å². The summed E-state index contributed by atoms with van der Waals surface area (Å²) in [5.41, 5.74) is 0.494. The van der Waals surface area contributed by atoms with Crippen molar-refractivity contribution < 1.29 is 14.0 Å². The first-order chi connectivity index (χ1) is 12.6. The molecule has 0 bridgehead atoms. The molecule has 6 nitrogen and oxygen atoms in total. The van der Waals surface area contributed by atoms with Crippen LogP contribution >= 0.6 is 0 Å². The van der Waals surface area contributed by atoms with Crippen LogP contribution in [0.15, 0.2) is 42.9 Å². The molecule has 2 saturated heterocycles. The Labute approximate surface area is 150 Å². The Morgan fingerprint density at radius 2 is 2.08 bits per heavy atom. The summed E-state index contributed by atoms with van der Waals surface area (Å²) >= 11 is 0. The van der Waals surface area contributed by atoms with Crippen molar-refractivity contribution in [3.63, 3.8) is 0 Å². The van der Waals surface area contributed by atoms with Gasteiger partial charge in [-0.25, -0.2) is 4.98 Å². The van der Waals surface area contributed by atoms with Crippen LogP contribution in [0.4, 0.5) is 10.1 Å². The number of halogens is 1. The van der Waals surface area contributed by atoms with Crippen molar-refractivity contribution in [2.24, 2.45) is 5.41 Å². The maximum atomic E-state index is 13.3. The highest BCUT2D eigenvalue weighted by atomic mass is 19.1. The van der Waals surface area contributed by atoms with E-state index in [1.165, 1.54) is 12.3 Å². The first-order valence-corrected chi connectivity index (χ1v) is 8.72. The minimum absolute atomic E-state index is 0.0453. The molecule has 1 unspecified atom stereocenters. The molecule has 26 heavy (non-hydrogen) atoms. The van der Waals surface area contributed by atoms with E-state index in [0.29, 0.717) is 26.1 Å². The fourth-order valence-corrected chi connectivity index (χ4v) is 3.98. The molecule has 2 aliphatic heterocycles. The number of likely N-dealkylation sites (tertiary alicyclic amines) is 1. The van der Waals surface area contributed by atoms with Crippen molar-refractivity contribution in [1.29, 1.82) is 0 Å². The minimum atomic E-state index is -0.678. The zero-order valence-corrected chi connectivity index (χ0v) is 14.3. The lowest BCUT2D eigenvalue weighted by Crippen LogP contribution is -2.50. The number of rotatable bonds is 2. The summed E-state index contributed by atoms with van der Waals surface area (Å²) in [6, 6.07) is 6.32. The summed E-state index contributed by atoms with van der Waals surface area (Å²) in [6.45, 7) is 1.56. The fourth-order valence-electron chi connectivity index (χ4n) is 3.98. The van der Waals surface area contributed by atoms with E-state index in [2.05, 4.69) is 9.97 Å². The predicted molar refractivity (Wildman–Crippen MR) is 93.0 cm³/mol.